The maximum atomic E-state index is 12.6. The minimum Gasteiger partial charge on any atom is -0.481 e. The van der Waals surface area contributed by atoms with Gasteiger partial charge in [-0.15, -0.1) is 11.3 Å². The van der Waals surface area contributed by atoms with Crippen molar-refractivity contribution in [2.75, 3.05) is 11.6 Å². The number of nitrogens with zero attached hydrogens (tertiary/aromatic N) is 1. The summed E-state index contributed by atoms with van der Waals surface area (Å²) in [5.74, 6) is -2.60. The molecule has 0 atom stereocenters. The van der Waals surface area contributed by atoms with Gasteiger partial charge in [0.05, 0.1) is 18.4 Å². The number of anilines is 1. The fourth-order valence-electron chi connectivity index (χ4n) is 2.19. The normalized spacial score (nSPS) is 11.1. The molecular weight excluding hydrogens is 408 g/mol. The highest BCUT2D eigenvalue weighted by atomic mass is 32.2. The van der Waals surface area contributed by atoms with Gasteiger partial charge in [0.1, 0.15) is 5.75 Å². The molecule has 2 aromatic rings. The molecule has 0 bridgehead atoms. The van der Waals surface area contributed by atoms with Crippen LogP contribution in [0.4, 0.5) is 5.13 Å². The van der Waals surface area contributed by atoms with Crippen LogP contribution in [-0.2, 0) is 25.8 Å². The first-order valence-electron chi connectivity index (χ1n) is 8.14. The number of sulfone groups is 1. The molecule has 28 heavy (non-hydrogen) atoms. The van der Waals surface area contributed by atoms with Crippen molar-refractivity contribution in [2.45, 2.75) is 31.2 Å². The third-order valence-corrected chi connectivity index (χ3v) is 5.74. The van der Waals surface area contributed by atoms with Crippen LogP contribution in [0.25, 0.3) is 0 Å². The second-order valence-corrected chi connectivity index (χ2v) is 8.71. The number of carboxylic acids is 1. The molecule has 1 aromatic carbocycles. The van der Waals surface area contributed by atoms with Crippen molar-refractivity contribution in [3.63, 3.8) is 0 Å². The Morgan fingerprint density at radius 1 is 1.21 bits per heavy atom. The lowest BCUT2D eigenvalue weighted by atomic mass is 10.2. The Morgan fingerprint density at radius 2 is 1.89 bits per heavy atom. The number of carbonyl (C=O) groups excluding carboxylic acids is 2. The molecule has 0 aliphatic carbocycles. The van der Waals surface area contributed by atoms with Crippen molar-refractivity contribution >= 4 is 44.2 Å². The van der Waals surface area contributed by atoms with Gasteiger partial charge >= 0.3 is 11.9 Å². The Hall–Kier alpha value is -2.79. The van der Waals surface area contributed by atoms with E-state index in [1.165, 1.54) is 12.1 Å². The summed E-state index contributed by atoms with van der Waals surface area (Å²) in [6.07, 6.45) is 0.752. The molecule has 0 saturated carbocycles. The van der Waals surface area contributed by atoms with E-state index in [4.69, 9.17) is 9.84 Å². The molecule has 0 unspecified atom stereocenters. The topological polar surface area (TPSA) is 140 Å². The van der Waals surface area contributed by atoms with E-state index >= 15 is 0 Å². The molecule has 1 aromatic heterocycles. The standard InChI is InChI=1S/C17H18N2O7S2/c1-3-12-16(28(2,24)25)19-17(27-12)18-15(23)10-6-4-5-7-11(10)26-14(22)9-8-13(20)21/h4-7H,3,8-9H2,1-2H3,(H,20,21)(H,18,19,23). The molecule has 0 radical (unpaired) electrons. The van der Waals surface area contributed by atoms with Gasteiger partial charge < -0.3 is 9.84 Å². The van der Waals surface area contributed by atoms with Crippen molar-refractivity contribution in [1.29, 1.82) is 0 Å². The first kappa shape index (κ1) is 21.5. The highest BCUT2D eigenvalue weighted by Gasteiger charge is 2.21. The predicted octanol–water partition coefficient (Wildman–Crippen LogP) is 2.13. The number of ether oxygens (including phenoxy) is 1. The summed E-state index contributed by atoms with van der Waals surface area (Å²) in [6, 6.07) is 5.93. The molecule has 11 heteroatoms. The summed E-state index contributed by atoms with van der Waals surface area (Å²) >= 11 is 1.05. The molecular formula is C17H18N2O7S2. The predicted molar refractivity (Wildman–Crippen MR) is 102 cm³/mol. The van der Waals surface area contributed by atoms with Crippen LogP contribution in [0, 0.1) is 0 Å². The van der Waals surface area contributed by atoms with Gasteiger partial charge in [0.2, 0.25) is 0 Å². The van der Waals surface area contributed by atoms with Crippen LogP contribution in [0.2, 0.25) is 0 Å². The number of thiazole rings is 1. The van der Waals surface area contributed by atoms with Gasteiger partial charge in [-0.25, -0.2) is 13.4 Å². The number of rotatable bonds is 8. The van der Waals surface area contributed by atoms with Gasteiger partial charge in [-0.1, -0.05) is 19.1 Å². The smallest absolute Gasteiger partial charge is 0.311 e. The molecule has 2 N–H and O–H groups in total. The van der Waals surface area contributed by atoms with Crippen LogP contribution in [0.15, 0.2) is 29.3 Å². The van der Waals surface area contributed by atoms with Gasteiger partial charge in [-0.2, -0.15) is 0 Å². The zero-order valence-electron chi connectivity index (χ0n) is 15.1. The number of para-hydroxylation sites is 1. The van der Waals surface area contributed by atoms with Crippen LogP contribution in [0.5, 0.6) is 5.75 Å². The Bertz CT molecular complexity index is 1010. The van der Waals surface area contributed by atoms with Crippen LogP contribution in [0.3, 0.4) is 0 Å². The van der Waals surface area contributed by atoms with E-state index in [0.717, 1.165) is 17.6 Å². The Kier molecular flexibility index (Phi) is 6.86. The monoisotopic (exact) mass is 426 g/mol. The fourth-order valence-corrected chi connectivity index (χ4v) is 4.44. The molecule has 1 heterocycles. The zero-order chi connectivity index (χ0) is 20.9. The number of nitrogens with one attached hydrogen (secondary N) is 1. The number of aliphatic carboxylic acids is 1. The van der Waals surface area contributed by atoms with E-state index in [1.54, 1.807) is 19.1 Å². The lowest BCUT2D eigenvalue weighted by molar-refractivity contribution is -0.142. The molecule has 2 rings (SSSR count). The summed E-state index contributed by atoms with van der Waals surface area (Å²) in [7, 11) is -3.53. The number of carboxylic acid groups (broad SMARTS) is 1. The average molecular weight is 426 g/mol. The van der Waals surface area contributed by atoms with E-state index in [9.17, 15) is 22.8 Å². The van der Waals surface area contributed by atoms with E-state index in [2.05, 4.69) is 10.3 Å². The third kappa shape index (κ3) is 5.60. The number of aryl methyl sites for hydroxylation is 1. The minimum absolute atomic E-state index is 0.0281. The second-order valence-electron chi connectivity index (χ2n) is 5.69. The summed E-state index contributed by atoms with van der Waals surface area (Å²) in [5.41, 5.74) is 0.0281. The van der Waals surface area contributed by atoms with Crippen molar-refractivity contribution in [3.8, 4) is 5.75 Å². The van der Waals surface area contributed by atoms with Gasteiger partial charge in [0.15, 0.2) is 20.0 Å². The van der Waals surface area contributed by atoms with E-state index in [0.29, 0.717) is 11.3 Å². The van der Waals surface area contributed by atoms with E-state index in [-0.39, 0.29) is 34.3 Å². The Balaban J connectivity index is 2.21. The Labute approximate surface area is 165 Å². The number of benzene rings is 1. The lowest BCUT2D eigenvalue weighted by Gasteiger charge is -2.09. The highest BCUT2D eigenvalue weighted by Crippen LogP contribution is 2.28. The molecule has 0 aliphatic heterocycles. The largest absolute Gasteiger partial charge is 0.481 e. The summed E-state index contributed by atoms with van der Waals surface area (Å²) in [5, 5.41) is 11.2. The zero-order valence-corrected chi connectivity index (χ0v) is 16.7. The summed E-state index contributed by atoms with van der Waals surface area (Å²) in [4.78, 5) is 39.4. The number of amides is 1. The van der Waals surface area contributed by atoms with Gasteiger partial charge in [0.25, 0.3) is 5.91 Å². The number of aromatic nitrogens is 1. The van der Waals surface area contributed by atoms with Crippen LogP contribution in [0.1, 0.15) is 35.0 Å². The van der Waals surface area contributed by atoms with E-state index < -0.39 is 27.7 Å². The molecule has 0 spiro atoms. The second kappa shape index (κ2) is 8.93. The molecule has 0 aliphatic rings. The lowest BCUT2D eigenvalue weighted by Crippen LogP contribution is -2.16. The maximum Gasteiger partial charge on any atom is 0.311 e. The quantitative estimate of drug-likeness (QED) is 0.483. The van der Waals surface area contributed by atoms with Crippen LogP contribution in [-0.4, -0.2) is 42.6 Å². The van der Waals surface area contributed by atoms with Gasteiger partial charge in [-0.05, 0) is 18.6 Å². The number of carbonyl (C=O) groups is 3. The molecule has 0 fully saturated rings. The first-order valence-corrected chi connectivity index (χ1v) is 10.8. The number of esters is 1. The highest BCUT2D eigenvalue weighted by molar-refractivity contribution is 7.90. The minimum atomic E-state index is -3.53. The third-order valence-electron chi connectivity index (χ3n) is 3.45. The SMILES string of the molecule is CCc1sc(NC(=O)c2ccccc2OC(=O)CCC(=O)O)nc1S(C)(=O)=O. The average Bonchev–Trinajstić information content (AvgIpc) is 3.03. The number of hydrogen-bond acceptors (Lipinski definition) is 8. The summed E-state index contributed by atoms with van der Waals surface area (Å²) in [6.45, 7) is 1.78. The van der Waals surface area contributed by atoms with Gasteiger partial charge in [0, 0.05) is 11.1 Å². The van der Waals surface area contributed by atoms with Crippen molar-refractivity contribution in [2.24, 2.45) is 0 Å². The van der Waals surface area contributed by atoms with Gasteiger partial charge in [-0.3, -0.25) is 19.7 Å². The van der Waals surface area contributed by atoms with Crippen LogP contribution < -0.4 is 10.1 Å². The fraction of sp³-hybridized carbons (Fsp3) is 0.294. The number of hydrogen-bond donors (Lipinski definition) is 2. The van der Waals surface area contributed by atoms with Crippen molar-refractivity contribution in [3.05, 3.63) is 34.7 Å². The molecule has 1 amide bonds. The van der Waals surface area contributed by atoms with Crippen LogP contribution >= 0.6 is 11.3 Å². The maximum absolute atomic E-state index is 12.6. The van der Waals surface area contributed by atoms with Crippen molar-refractivity contribution < 1.29 is 32.6 Å². The molecule has 0 saturated heterocycles. The summed E-state index contributed by atoms with van der Waals surface area (Å²) < 4.78 is 28.7. The molecule has 150 valence electrons. The van der Waals surface area contributed by atoms with Crippen molar-refractivity contribution in [1.82, 2.24) is 4.98 Å². The first-order chi connectivity index (χ1) is 13.1. The Morgan fingerprint density at radius 3 is 2.46 bits per heavy atom. The molecule has 9 nitrogen and oxygen atoms in total. The van der Waals surface area contributed by atoms with E-state index in [1.807, 2.05) is 0 Å².